The maximum Gasteiger partial charge on any atom is 0.258 e. The average molecular weight is 566 g/mol. The molecule has 8 heteroatoms. The molecule has 0 aromatic heterocycles. The molecule has 2 unspecified atom stereocenters. The zero-order chi connectivity index (χ0) is 28.8. The van der Waals surface area contributed by atoms with E-state index in [1.54, 1.807) is 17.0 Å². The van der Waals surface area contributed by atoms with Crippen molar-refractivity contribution in [3.05, 3.63) is 88.7 Å². The fourth-order valence-electron chi connectivity index (χ4n) is 5.29. The van der Waals surface area contributed by atoms with Crippen LogP contribution in [0.4, 0.5) is 15.8 Å². The van der Waals surface area contributed by atoms with Gasteiger partial charge >= 0.3 is 0 Å². The van der Waals surface area contributed by atoms with Gasteiger partial charge in [-0.25, -0.2) is 4.39 Å². The summed E-state index contributed by atoms with van der Waals surface area (Å²) in [6.07, 6.45) is 0.832. The van der Waals surface area contributed by atoms with Crippen molar-refractivity contribution in [2.45, 2.75) is 52.6 Å². The lowest BCUT2D eigenvalue weighted by molar-refractivity contribution is -0.118. The molecular formula is C32H37ClFN3O3. The van der Waals surface area contributed by atoms with Gasteiger partial charge in [-0.2, -0.15) is 0 Å². The molecule has 1 aliphatic heterocycles. The summed E-state index contributed by atoms with van der Waals surface area (Å²) in [6.45, 7) is 11.3. The molecule has 2 amide bonds. The number of benzene rings is 3. The van der Waals surface area contributed by atoms with Gasteiger partial charge in [-0.1, -0.05) is 32.4 Å². The number of anilines is 2. The Hall–Kier alpha value is -3.42. The molecule has 3 aromatic carbocycles. The monoisotopic (exact) mass is 565 g/mol. The van der Waals surface area contributed by atoms with Gasteiger partial charge in [0.25, 0.3) is 5.91 Å². The Morgan fingerprint density at radius 1 is 1.00 bits per heavy atom. The molecule has 0 N–H and O–H groups in total. The van der Waals surface area contributed by atoms with Gasteiger partial charge in [0, 0.05) is 46.5 Å². The van der Waals surface area contributed by atoms with E-state index in [9.17, 15) is 14.0 Å². The van der Waals surface area contributed by atoms with Crippen molar-refractivity contribution in [1.82, 2.24) is 4.90 Å². The van der Waals surface area contributed by atoms with E-state index in [2.05, 4.69) is 18.7 Å². The first kappa shape index (κ1) is 29.6. The van der Waals surface area contributed by atoms with E-state index in [1.165, 1.54) is 24.3 Å². The van der Waals surface area contributed by atoms with Crippen molar-refractivity contribution >= 4 is 34.8 Å². The standard InChI is InChI=1S/C32H37ClFN3O3/c1-5-31(38)37(26-14-10-24(33)11-15-26)30-20-22(4)36(32(39)23-8-12-25(34)13-9-23)29-17-16-27(21-28(29)30)40-19-18-35(6-2)7-3/h8-17,21-22,30H,5-7,18-20H2,1-4H3. The Bertz CT molecular complexity index is 1310. The van der Waals surface area contributed by atoms with Gasteiger partial charge < -0.3 is 19.4 Å². The molecular weight excluding hydrogens is 529 g/mol. The highest BCUT2D eigenvalue weighted by Crippen LogP contribution is 2.44. The third kappa shape index (κ3) is 6.48. The van der Waals surface area contributed by atoms with Crippen LogP contribution in [0.2, 0.25) is 5.02 Å². The van der Waals surface area contributed by atoms with Crippen LogP contribution in [0.15, 0.2) is 66.7 Å². The van der Waals surface area contributed by atoms with E-state index in [0.29, 0.717) is 41.5 Å². The second-order valence-electron chi connectivity index (χ2n) is 9.97. The van der Waals surface area contributed by atoms with E-state index in [-0.39, 0.29) is 23.9 Å². The molecule has 0 saturated heterocycles. The fourth-order valence-corrected chi connectivity index (χ4v) is 5.42. The van der Waals surface area contributed by atoms with E-state index in [1.807, 2.05) is 49.1 Å². The van der Waals surface area contributed by atoms with Crippen molar-refractivity contribution in [3.8, 4) is 5.75 Å². The minimum Gasteiger partial charge on any atom is -0.492 e. The van der Waals surface area contributed by atoms with Gasteiger partial charge in [-0.15, -0.1) is 0 Å². The highest BCUT2D eigenvalue weighted by molar-refractivity contribution is 6.30. The van der Waals surface area contributed by atoms with Crippen LogP contribution in [0.1, 0.15) is 62.5 Å². The Morgan fingerprint density at radius 3 is 2.30 bits per heavy atom. The molecule has 2 atom stereocenters. The van der Waals surface area contributed by atoms with Crippen molar-refractivity contribution < 1.29 is 18.7 Å². The molecule has 212 valence electrons. The number of fused-ring (bicyclic) bond motifs is 1. The zero-order valence-electron chi connectivity index (χ0n) is 23.6. The molecule has 1 heterocycles. The number of carbonyl (C=O) groups excluding carboxylic acids is 2. The second kappa shape index (κ2) is 13.3. The van der Waals surface area contributed by atoms with Crippen LogP contribution < -0.4 is 14.5 Å². The zero-order valence-corrected chi connectivity index (χ0v) is 24.3. The van der Waals surface area contributed by atoms with Crippen molar-refractivity contribution in [1.29, 1.82) is 0 Å². The number of hydrogen-bond donors (Lipinski definition) is 0. The summed E-state index contributed by atoms with van der Waals surface area (Å²) in [5.41, 5.74) is 2.67. The number of hydrogen-bond acceptors (Lipinski definition) is 4. The molecule has 3 aromatic rings. The van der Waals surface area contributed by atoms with Gasteiger partial charge in [0.2, 0.25) is 5.91 Å². The van der Waals surface area contributed by atoms with Crippen molar-refractivity contribution in [3.63, 3.8) is 0 Å². The lowest BCUT2D eigenvalue weighted by Crippen LogP contribution is -2.47. The van der Waals surface area contributed by atoms with Gasteiger partial charge in [-0.3, -0.25) is 9.59 Å². The largest absolute Gasteiger partial charge is 0.492 e. The number of ether oxygens (including phenoxy) is 1. The smallest absolute Gasteiger partial charge is 0.258 e. The summed E-state index contributed by atoms with van der Waals surface area (Å²) in [4.78, 5) is 33.0. The molecule has 0 fully saturated rings. The molecule has 0 spiro atoms. The molecule has 0 saturated carbocycles. The van der Waals surface area contributed by atoms with Crippen LogP contribution in [0, 0.1) is 5.82 Å². The quantitative estimate of drug-likeness (QED) is 0.262. The average Bonchev–Trinajstić information content (AvgIpc) is 2.96. The number of carbonyl (C=O) groups is 2. The predicted molar refractivity (Wildman–Crippen MR) is 159 cm³/mol. The summed E-state index contributed by atoms with van der Waals surface area (Å²) in [5.74, 6) is 0.0328. The van der Waals surface area contributed by atoms with Crippen LogP contribution in [0.3, 0.4) is 0 Å². The number of amides is 2. The van der Waals surface area contributed by atoms with Crippen molar-refractivity contribution in [2.24, 2.45) is 0 Å². The maximum absolute atomic E-state index is 13.7. The first-order valence-electron chi connectivity index (χ1n) is 13.9. The molecule has 6 nitrogen and oxygen atoms in total. The van der Waals surface area contributed by atoms with Gasteiger partial charge in [0.05, 0.1) is 6.04 Å². The number of likely N-dealkylation sites (N-methyl/N-ethyl adjacent to an activating group) is 1. The Labute approximate surface area is 241 Å². The van der Waals surface area contributed by atoms with Gasteiger partial charge in [0.15, 0.2) is 0 Å². The summed E-state index contributed by atoms with van der Waals surface area (Å²) < 4.78 is 19.8. The Balaban J connectivity index is 1.77. The highest BCUT2D eigenvalue weighted by Gasteiger charge is 2.39. The summed E-state index contributed by atoms with van der Waals surface area (Å²) >= 11 is 6.16. The van der Waals surface area contributed by atoms with Crippen LogP contribution in [-0.2, 0) is 4.79 Å². The lowest BCUT2D eigenvalue weighted by Gasteiger charge is -2.43. The van der Waals surface area contributed by atoms with Gasteiger partial charge in [0.1, 0.15) is 18.2 Å². The molecule has 1 aliphatic rings. The van der Waals surface area contributed by atoms with E-state index < -0.39 is 5.82 Å². The first-order chi connectivity index (χ1) is 19.3. The lowest BCUT2D eigenvalue weighted by atomic mass is 9.89. The number of halogens is 2. The topological polar surface area (TPSA) is 53.1 Å². The highest BCUT2D eigenvalue weighted by atomic mass is 35.5. The van der Waals surface area contributed by atoms with E-state index in [4.69, 9.17) is 16.3 Å². The second-order valence-corrected chi connectivity index (χ2v) is 10.4. The Kier molecular flexibility index (Phi) is 9.82. The van der Waals surface area contributed by atoms with Gasteiger partial charge in [-0.05, 0) is 93.2 Å². The molecule has 40 heavy (non-hydrogen) atoms. The van der Waals surface area contributed by atoms with Crippen LogP contribution in [0.5, 0.6) is 5.75 Å². The van der Waals surface area contributed by atoms with E-state index in [0.717, 1.165) is 30.9 Å². The van der Waals surface area contributed by atoms with Crippen LogP contribution >= 0.6 is 11.6 Å². The fraction of sp³-hybridized carbons (Fsp3) is 0.375. The molecule has 0 aliphatic carbocycles. The number of nitrogens with zero attached hydrogens (tertiary/aromatic N) is 3. The van der Waals surface area contributed by atoms with Crippen LogP contribution in [-0.4, -0.2) is 49.0 Å². The third-order valence-corrected chi connectivity index (χ3v) is 7.74. The normalized spacial score (nSPS) is 16.5. The molecule has 0 bridgehead atoms. The van der Waals surface area contributed by atoms with Crippen molar-refractivity contribution in [2.75, 3.05) is 36.0 Å². The third-order valence-electron chi connectivity index (χ3n) is 7.49. The number of rotatable bonds is 10. The molecule has 4 rings (SSSR count). The Morgan fingerprint density at radius 2 is 1.68 bits per heavy atom. The van der Waals surface area contributed by atoms with Crippen LogP contribution in [0.25, 0.3) is 0 Å². The minimum absolute atomic E-state index is 0.0309. The summed E-state index contributed by atoms with van der Waals surface area (Å²) in [5, 5.41) is 0.588. The first-order valence-corrected chi connectivity index (χ1v) is 14.3. The summed E-state index contributed by atoms with van der Waals surface area (Å²) in [7, 11) is 0. The van der Waals surface area contributed by atoms with E-state index >= 15 is 0 Å². The minimum atomic E-state index is -0.396. The predicted octanol–water partition coefficient (Wildman–Crippen LogP) is 7.12. The SMILES string of the molecule is CCC(=O)N(c1ccc(Cl)cc1)C1CC(C)N(C(=O)c2ccc(F)cc2)c2ccc(OCCN(CC)CC)cc21. The summed E-state index contributed by atoms with van der Waals surface area (Å²) in [6, 6.07) is 18.0. The maximum atomic E-state index is 13.7. The molecule has 0 radical (unpaired) electrons.